The lowest BCUT2D eigenvalue weighted by atomic mass is 10.1. The van der Waals surface area contributed by atoms with Crippen molar-refractivity contribution in [3.05, 3.63) is 52.3 Å². The number of aromatic nitrogens is 2. The Bertz CT molecular complexity index is 1090. The Kier molecular flexibility index (Phi) is 6.14. The molecular weight excluding hydrogens is 429 g/mol. The van der Waals surface area contributed by atoms with Crippen LogP contribution in [0.3, 0.4) is 0 Å². The van der Waals surface area contributed by atoms with E-state index >= 15 is 0 Å². The van der Waals surface area contributed by atoms with Gasteiger partial charge in [0.1, 0.15) is 5.75 Å². The lowest BCUT2D eigenvalue weighted by molar-refractivity contribution is -0.137. The first-order valence-electron chi connectivity index (χ1n) is 10.1. The van der Waals surface area contributed by atoms with Gasteiger partial charge < -0.3 is 14.5 Å². The maximum Gasteiger partial charge on any atom is 0.417 e. The third kappa shape index (κ3) is 4.51. The first-order valence-corrected chi connectivity index (χ1v) is 10.5. The molecule has 0 aliphatic carbocycles. The molecule has 31 heavy (non-hydrogen) atoms. The molecule has 0 atom stereocenters. The van der Waals surface area contributed by atoms with Crippen molar-refractivity contribution in [2.75, 3.05) is 33.3 Å². The highest BCUT2D eigenvalue weighted by molar-refractivity contribution is 6.33. The fraction of sp³-hybridized carbons (Fsp3) is 0.409. The number of pyridine rings is 1. The van der Waals surface area contributed by atoms with Crippen LogP contribution in [0.25, 0.3) is 16.9 Å². The molecule has 1 saturated heterocycles. The van der Waals surface area contributed by atoms with Crippen LogP contribution in [0.5, 0.6) is 5.75 Å². The van der Waals surface area contributed by atoms with E-state index < -0.39 is 11.7 Å². The molecule has 0 unspecified atom stereocenters. The highest BCUT2D eigenvalue weighted by Crippen LogP contribution is 2.36. The van der Waals surface area contributed by atoms with Gasteiger partial charge in [0.25, 0.3) is 0 Å². The van der Waals surface area contributed by atoms with Gasteiger partial charge in [-0.25, -0.2) is 4.98 Å². The van der Waals surface area contributed by atoms with Gasteiger partial charge in [-0.15, -0.1) is 0 Å². The normalized spacial score (nSPS) is 15.9. The Morgan fingerprint density at radius 2 is 2.00 bits per heavy atom. The quantitative estimate of drug-likeness (QED) is 0.618. The summed E-state index contributed by atoms with van der Waals surface area (Å²) in [7, 11) is 1.60. The lowest BCUT2D eigenvalue weighted by Crippen LogP contribution is -2.28. The standard InChI is InChI=1S/C22H24ClF3N4O/c1-14-10-15(4-5-19(14)31-2)20-18(13-29-8-3-6-27-7-9-29)30-12-16(22(24,25)26)11-17(23)21(30)28-20/h4-5,10-12,27H,3,6-9,13H2,1-2H3. The summed E-state index contributed by atoms with van der Waals surface area (Å²) in [5, 5.41) is 3.33. The number of nitrogens with one attached hydrogen (secondary N) is 1. The molecule has 0 amide bonds. The van der Waals surface area contributed by atoms with Gasteiger partial charge in [-0.05, 0) is 56.3 Å². The molecule has 166 valence electrons. The molecule has 5 nitrogen and oxygen atoms in total. The lowest BCUT2D eigenvalue weighted by Gasteiger charge is -2.20. The van der Waals surface area contributed by atoms with E-state index in [0.29, 0.717) is 23.6 Å². The predicted octanol–water partition coefficient (Wildman–Crippen LogP) is 4.79. The van der Waals surface area contributed by atoms with E-state index in [4.69, 9.17) is 16.3 Å². The van der Waals surface area contributed by atoms with Crippen molar-refractivity contribution in [1.82, 2.24) is 19.6 Å². The molecule has 4 rings (SSSR count). The number of halogens is 4. The number of methoxy groups -OCH3 is 1. The number of hydrogen-bond donors (Lipinski definition) is 1. The highest BCUT2D eigenvalue weighted by Gasteiger charge is 2.33. The largest absolute Gasteiger partial charge is 0.496 e. The summed E-state index contributed by atoms with van der Waals surface area (Å²) in [6, 6.07) is 6.59. The van der Waals surface area contributed by atoms with Crippen LogP contribution in [0.4, 0.5) is 13.2 Å². The van der Waals surface area contributed by atoms with E-state index in [1.807, 2.05) is 25.1 Å². The van der Waals surface area contributed by atoms with Crippen molar-refractivity contribution >= 4 is 17.2 Å². The zero-order chi connectivity index (χ0) is 22.2. The Morgan fingerprint density at radius 3 is 2.71 bits per heavy atom. The first-order chi connectivity index (χ1) is 14.8. The monoisotopic (exact) mass is 452 g/mol. The molecule has 1 aromatic carbocycles. The second kappa shape index (κ2) is 8.68. The molecule has 1 N–H and O–H groups in total. The zero-order valence-corrected chi connectivity index (χ0v) is 18.1. The van der Waals surface area contributed by atoms with Crippen molar-refractivity contribution < 1.29 is 17.9 Å². The summed E-state index contributed by atoms with van der Waals surface area (Å²) in [5.41, 5.74) is 2.58. The number of rotatable bonds is 4. The minimum Gasteiger partial charge on any atom is -0.496 e. The summed E-state index contributed by atoms with van der Waals surface area (Å²) < 4.78 is 47.3. The van der Waals surface area contributed by atoms with Gasteiger partial charge in [0.05, 0.1) is 29.1 Å². The minimum atomic E-state index is -4.50. The van der Waals surface area contributed by atoms with E-state index in [0.717, 1.165) is 61.7 Å². The SMILES string of the molecule is COc1ccc(-c2nc3c(Cl)cc(C(F)(F)F)cn3c2CN2CCCNCC2)cc1C. The van der Waals surface area contributed by atoms with Crippen molar-refractivity contribution in [2.24, 2.45) is 0 Å². The van der Waals surface area contributed by atoms with Crippen LogP contribution in [0.1, 0.15) is 23.2 Å². The molecule has 0 spiro atoms. The summed E-state index contributed by atoms with van der Waals surface area (Å²) in [6.45, 7) is 5.82. The summed E-state index contributed by atoms with van der Waals surface area (Å²) in [5.74, 6) is 0.741. The Balaban J connectivity index is 1.89. The van der Waals surface area contributed by atoms with Crippen molar-refractivity contribution in [3.63, 3.8) is 0 Å². The first kappa shape index (κ1) is 21.9. The second-order valence-electron chi connectivity index (χ2n) is 7.74. The van der Waals surface area contributed by atoms with Crippen molar-refractivity contribution in [1.29, 1.82) is 0 Å². The number of benzene rings is 1. The van der Waals surface area contributed by atoms with E-state index in [2.05, 4.69) is 15.2 Å². The molecule has 3 aromatic rings. The zero-order valence-electron chi connectivity index (χ0n) is 17.4. The Labute approximate surface area is 183 Å². The third-order valence-corrected chi connectivity index (χ3v) is 5.85. The van der Waals surface area contributed by atoms with Crippen LogP contribution in [0.2, 0.25) is 5.02 Å². The fourth-order valence-corrected chi connectivity index (χ4v) is 4.24. The second-order valence-corrected chi connectivity index (χ2v) is 8.15. The van der Waals surface area contributed by atoms with Gasteiger partial charge in [-0.3, -0.25) is 4.90 Å². The van der Waals surface area contributed by atoms with Crippen LogP contribution >= 0.6 is 11.6 Å². The highest BCUT2D eigenvalue weighted by atomic mass is 35.5. The van der Waals surface area contributed by atoms with Crippen LogP contribution in [-0.4, -0.2) is 47.6 Å². The van der Waals surface area contributed by atoms with Gasteiger partial charge in [0.15, 0.2) is 5.65 Å². The summed E-state index contributed by atoms with van der Waals surface area (Å²) in [4.78, 5) is 6.91. The number of fused-ring (bicyclic) bond motifs is 1. The molecule has 0 radical (unpaired) electrons. The van der Waals surface area contributed by atoms with Gasteiger partial charge in [0, 0.05) is 31.4 Å². The van der Waals surface area contributed by atoms with Crippen LogP contribution in [-0.2, 0) is 12.7 Å². The van der Waals surface area contributed by atoms with Gasteiger partial charge in [-0.1, -0.05) is 11.6 Å². The van der Waals surface area contributed by atoms with Crippen LogP contribution in [0, 0.1) is 6.92 Å². The average Bonchev–Trinajstić information content (AvgIpc) is 2.89. The van der Waals surface area contributed by atoms with Gasteiger partial charge >= 0.3 is 6.18 Å². The number of alkyl halides is 3. The van der Waals surface area contributed by atoms with E-state index in [-0.39, 0.29) is 5.02 Å². The maximum atomic E-state index is 13.5. The van der Waals surface area contributed by atoms with Crippen LogP contribution < -0.4 is 10.1 Å². The molecule has 2 aromatic heterocycles. The van der Waals surface area contributed by atoms with Crippen molar-refractivity contribution in [2.45, 2.75) is 26.1 Å². The average molecular weight is 453 g/mol. The molecular formula is C22H24ClF3N4O. The molecule has 0 saturated carbocycles. The summed E-state index contributed by atoms with van der Waals surface area (Å²) >= 11 is 6.26. The number of imidazole rings is 1. The number of nitrogens with zero attached hydrogens (tertiary/aromatic N) is 3. The van der Waals surface area contributed by atoms with Gasteiger partial charge in [0.2, 0.25) is 0 Å². The van der Waals surface area contributed by atoms with E-state index in [1.54, 1.807) is 7.11 Å². The molecule has 1 fully saturated rings. The summed E-state index contributed by atoms with van der Waals surface area (Å²) in [6.07, 6.45) is -2.43. The topological polar surface area (TPSA) is 41.8 Å². The Hall–Kier alpha value is -2.29. The molecule has 3 heterocycles. The smallest absolute Gasteiger partial charge is 0.417 e. The molecule has 9 heteroatoms. The number of hydrogen-bond acceptors (Lipinski definition) is 4. The third-order valence-electron chi connectivity index (χ3n) is 5.58. The number of ether oxygens (including phenoxy) is 1. The maximum absolute atomic E-state index is 13.5. The van der Waals surface area contributed by atoms with Crippen LogP contribution in [0.15, 0.2) is 30.5 Å². The van der Waals surface area contributed by atoms with Crippen molar-refractivity contribution in [3.8, 4) is 17.0 Å². The molecule has 1 aliphatic rings. The van der Waals surface area contributed by atoms with E-state index in [1.165, 1.54) is 4.40 Å². The number of aryl methyl sites for hydroxylation is 1. The molecule has 1 aliphatic heterocycles. The van der Waals surface area contributed by atoms with E-state index in [9.17, 15) is 13.2 Å². The fourth-order valence-electron chi connectivity index (χ4n) is 3.99. The minimum absolute atomic E-state index is 0.0231. The predicted molar refractivity (Wildman–Crippen MR) is 115 cm³/mol. The van der Waals surface area contributed by atoms with Gasteiger partial charge in [-0.2, -0.15) is 13.2 Å². The Morgan fingerprint density at radius 1 is 1.19 bits per heavy atom. The molecule has 0 bridgehead atoms.